The molecule has 2 heterocycles. The van der Waals surface area contributed by atoms with Gasteiger partial charge in [-0.15, -0.1) is 0 Å². The second-order valence-electron chi connectivity index (χ2n) is 4.36. The number of anilines is 1. The van der Waals surface area contributed by atoms with E-state index in [1.165, 1.54) is 0 Å². The van der Waals surface area contributed by atoms with E-state index in [0.29, 0.717) is 17.8 Å². The molecule has 0 unspecified atom stereocenters. The van der Waals surface area contributed by atoms with Crippen LogP contribution < -0.4 is 5.32 Å². The van der Waals surface area contributed by atoms with Crippen LogP contribution in [0.15, 0.2) is 6.20 Å². The summed E-state index contributed by atoms with van der Waals surface area (Å²) in [6, 6.07) is 0.380. The lowest BCUT2D eigenvalue weighted by atomic mass is 9.89. The van der Waals surface area contributed by atoms with Gasteiger partial charge in [0.05, 0.1) is 17.7 Å². The SMILES string of the molecule is CCOC1CC(Nc2nc(Cl)nc3[nH]ncc23)C1. The summed E-state index contributed by atoms with van der Waals surface area (Å²) in [6.07, 6.45) is 4.06. The fourth-order valence-corrected chi connectivity index (χ4v) is 2.34. The van der Waals surface area contributed by atoms with Crippen molar-refractivity contribution in [2.24, 2.45) is 0 Å². The summed E-state index contributed by atoms with van der Waals surface area (Å²) < 4.78 is 5.52. The van der Waals surface area contributed by atoms with Gasteiger partial charge >= 0.3 is 0 Å². The summed E-state index contributed by atoms with van der Waals surface area (Å²) in [4.78, 5) is 8.27. The van der Waals surface area contributed by atoms with E-state index >= 15 is 0 Å². The molecule has 2 aromatic heterocycles. The summed E-state index contributed by atoms with van der Waals surface area (Å²) >= 11 is 5.87. The van der Waals surface area contributed by atoms with Gasteiger partial charge in [0.15, 0.2) is 5.65 Å². The second kappa shape index (κ2) is 4.70. The maximum atomic E-state index is 5.87. The summed E-state index contributed by atoms with van der Waals surface area (Å²) in [5.41, 5.74) is 0.651. The first kappa shape index (κ1) is 11.7. The molecule has 1 aliphatic rings. The highest BCUT2D eigenvalue weighted by atomic mass is 35.5. The molecule has 2 N–H and O–H groups in total. The van der Waals surface area contributed by atoms with Crippen molar-refractivity contribution in [3.63, 3.8) is 0 Å². The normalized spacial score (nSPS) is 23.0. The Morgan fingerprint density at radius 3 is 3.11 bits per heavy atom. The molecule has 1 aliphatic carbocycles. The van der Waals surface area contributed by atoms with Crippen molar-refractivity contribution in [1.82, 2.24) is 20.2 Å². The first-order valence-electron chi connectivity index (χ1n) is 6.01. The third-order valence-electron chi connectivity index (χ3n) is 3.12. The Kier molecular flexibility index (Phi) is 3.05. The number of hydrogen-bond donors (Lipinski definition) is 2. The standard InChI is InChI=1S/C11H14ClN5O/c1-2-18-7-3-6(4-7)14-9-8-5-13-17-10(8)16-11(12)15-9/h5-7H,2-4H2,1H3,(H2,13,14,15,16,17). The maximum absolute atomic E-state index is 5.87. The van der Waals surface area contributed by atoms with Crippen molar-refractivity contribution in [3.05, 3.63) is 11.5 Å². The average Bonchev–Trinajstić information content (AvgIpc) is 2.74. The lowest BCUT2D eigenvalue weighted by Crippen LogP contribution is -2.41. The fraction of sp³-hybridized carbons (Fsp3) is 0.545. The zero-order valence-corrected chi connectivity index (χ0v) is 10.7. The fourth-order valence-electron chi connectivity index (χ4n) is 2.17. The average molecular weight is 268 g/mol. The molecule has 0 saturated heterocycles. The molecule has 1 fully saturated rings. The first-order valence-corrected chi connectivity index (χ1v) is 6.39. The van der Waals surface area contributed by atoms with E-state index in [0.717, 1.165) is 30.7 Å². The quantitative estimate of drug-likeness (QED) is 0.829. The van der Waals surface area contributed by atoms with Gasteiger partial charge in [0.25, 0.3) is 0 Å². The minimum Gasteiger partial charge on any atom is -0.378 e. The Morgan fingerprint density at radius 2 is 2.33 bits per heavy atom. The topological polar surface area (TPSA) is 75.7 Å². The molecule has 0 amide bonds. The highest BCUT2D eigenvalue weighted by molar-refractivity contribution is 6.28. The van der Waals surface area contributed by atoms with E-state index in [-0.39, 0.29) is 5.28 Å². The molecule has 3 rings (SSSR count). The van der Waals surface area contributed by atoms with E-state index in [1.807, 2.05) is 6.92 Å². The van der Waals surface area contributed by atoms with Gasteiger partial charge in [-0.25, -0.2) is 0 Å². The molecule has 0 bridgehead atoms. The molecule has 0 aliphatic heterocycles. The van der Waals surface area contributed by atoms with Crippen LogP contribution in [0.2, 0.25) is 5.28 Å². The largest absolute Gasteiger partial charge is 0.378 e. The minimum atomic E-state index is 0.218. The number of aromatic nitrogens is 4. The number of fused-ring (bicyclic) bond motifs is 1. The van der Waals surface area contributed by atoms with Gasteiger partial charge in [0.2, 0.25) is 5.28 Å². The Morgan fingerprint density at radius 1 is 1.50 bits per heavy atom. The van der Waals surface area contributed by atoms with E-state index < -0.39 is 0 Å². The number of nitrogens with zero attached hydrogens (tertiary/aromatic N) is 3. The van der Waals surface area contributed by atoms with Crippen molar-refractivity contribution in [1.29, 1.82) is 0 Å². The second-order valence-corrected chi connectivity index (χ2v) is 4.70. The third-order valence-corrected chi connectivity index (χ3v) is 3.29. The Balaban J connectivity index is 1.73. The van der Waals surface area contributed by atoms with Gasteiger partial charge in [0.1, 0.15) is 5.82 Å². The monoisotopic (exact) mass is 267 g/mol. The molecule has 7 heteroatoms. The van der Waals surface area contributed by atoms with Crippen LogP contribution in [0, 0.1) is 0 Å². The number of aromatic amines is 1. The van der Waals surface area contributed by atoms with Crippen molar-refractivity contribution in [2.75, 3.05) is 11.9 Å². The van der Waals surface area contributed by atoms with Crippen LogP contribution >= 0.6 is 11.6 Å². The molecule has 1 saturated carbocycles. The van der Waals surface area contributed by atoms with Crippen LogP contribution in [-0.2, 0) is 4.74 Å². The van der Waals surface area contributed by atoms with Gasteiger partial charge < -0.3 is 10.1 Å². The molecule has 0 radical (unpaired) electrons. The zero-order chi connectivity index (χ0) is 12.5. The molecule has 0 aromatic carbocycles. The Hall–Kier alpha value is -1.40. The van der Waals surface area contributed by atoms with Gasteiger partial charge in [-0.2, -0.15) is 15.1 Å². The third kappa shape index (κ3) is 2.13. The van der Waals surface area contributed by atoms with E-state index in [4.69, 9.17) is 16.3 Å². The van der Waals surface area contributed by atoms with Gasteiger partial charge in [-0.3, -0.25) is 5.10 Å². The van der Waals surface area contributed by atoms with Crippen LogP contribution in [0.4, 0.5) is 5.82 Å². The molecule has 96 valence electrons. The van der Waals surface area contributed by atoms with Crippen LogP contribution in [0.5, 0.6) is 0 Å². The van der Waals surface area contributed by atoms with Crippen molar-refractivity contribution < 1.29 is 4.74 Å². The smallest absolute Gasteiger partial charge is 0.226 e. The molecular formula is C11H14ClN5O. The van der Waals surface area contributed by atoms with E-state index in [9.17, 15) is 0 Å². The van der Waals surface area contributed by atoms with Gasteiger partial charge in [0, 0.05) is 12.6 Å². The zero-order valence-electron chi connectivity index (χ0n) is 9.98. The van der Waals surface area contributed by atoms with Crippen LogP contribution in [0.1, 0.15) is 19.8 Å². The number of ether oxygens (including phenoxy) is 1. The predicted molar refractivity (Wildman–Crippen MR) is 68.8 cm³/mol. The maximum Gasteiger partial charge on any atom is 0.226 e. The summed E-state index contributed by atoms with van der Waals surface area (Å²) in [7, 11) is 0. The first-order chi connectivity index (χ1) is 8.76. The molecule has 2 aromatic rings. The van der Waals surface area contributed by atoms with Gasteiger partial charge in [-0.1, -0.05) is 0 Å². The highest BCUT2D eigenvalue weighted by Crippen LogP contribution is 2.28. The molecule has 6 nitrogen and oxygen atoms in total. The number of rotatable bonds is 4. The van der Waals surface area contributed by atoms with Crippen molar-refractivity contribution in [3.8, 4) is 0 Å². The number of nitrogens with one attached hydrogen (secondary N) is 2. The minimum absolute atomic E-state index is 0.218. The molecule has 0 spiro atoms. The molecule has 18 heavy (non-hydrogen) atoms. The summed E-state index contributed by atoms with van der Waals surface area (Å²) in [6.45, 7) is 2.78. The number of H-pyrrole nitrogens is 1. The van der Waals surface area contributed by atoms with E-state index in [2.05, 4.69) is 25.5 Å². The van der Waals surface area contributed by atoms with Crippen LogP contribution in [-0.4, -0.2) is 38.9 Å². The summed E-state index contributed by atoms with van der Waals surface area (Å²) in [5.74, 6) is 0.735. The number of hydrogen-bond acceptors (Lipinski definition) is 5. The number of halogens is 1. The lowest BCUT2D eigenvalue weighted by molar-refractivity contribution is 0.00295. The Labute approximate surface area is 109 Å². The van der Waals surface area contributed by atoms with Crippen LogP contribution in [0.3, 0.4) is 0 Å². The highest BCUT2D eigenvalue weighted by Gasteiger charge is 2.30. The molecular weight excluding hydrogens is 254 g/mol. The summed E-state index contributed by atoms with van der Waals surface area (Å²) in [5, 5.41) is 11.2. The van der Waals surface area contributed by atoms with Crippen molar-refractivity contribution in [2.45, 2.75) is 31.9 Å². The Bertz CT molecular complexity index is 551. The van der Waals surface area contributed by atoms with E-state index in [1.54, 1.807) is 6.20 Å². The van der Waals surface area contributed by atoms with Crippen molar-refractivity contribution >= 4 is 28.5 Å². The predicted octanol–water partition coefficient (Wildman–Crippen LogP) is 1.99. The van der Waals surface area contributed by atoms with Crippen LogP contribution in [0.25, 0.3) is 11.0 Å². The molecule has 0 atom stereocenters. The van der Waals surface area contributed by atoms with Gasteiger partial charge in [-0.05, 0) is 31.4 Å². The lowest BCUT2D eigenvalue weighted by Gasteiger charge is -2.35.